The Hall–Kier alpha value is -1.50. The van der Waals surface area contributed by atoms with E-state index >= 15 is 0 Å². The quantitative estimate of drug-likeness (QED) is 0.487. The van der Waals surface area contributed by atoms with Gasteiger partial charge in [0.25, 0.3) is 0 Å². The molecule has 0 unspecified atom stereocenters. The third kappa shape index (κ3) is 3.77. The Morgan fingerprint density at radius 2 is 1.62 bits per heavy atom. The average Bonchev–Trinajstić information content (AvgIpc) is 3.12. The molecule has 1 heterocycles. The summed E-state index contributed by atoms with van der Waals surface area (Å²) in [5, 5.41) is 0. The van der Waals surface area contributed by atoms with Gasteiger partial charge in [-0.2, -0.15) is 0 Å². The van der Waals surface area contributed by atoms with E-state index in [0.29, 0.717) is 5.41 Å². The van der Waals surface area contributed by atoms with E-state index in [-0.39, 0.29) is 0 Å². The third-order valence-corrected chi connectivity index (χ3v) is 5.86. The van der Waals surface area contributed by atoms with Crippen molar-refractivity contribution < 1.29 is 4.42 Å². The van der Waals surface area contributed by atoms with Crippen molar-refractivity contribution in [2.45, 2.75) is 83.5 Å². The number of aryl methyl sites for hydroxylation is 1. The highest BCUT2D eigenvalue weighted by Gasteiger charge is 2.33. The fourth-order valence-corrected chi connectivity index (χ4v) is 4.34. The highest BCUT2D eigenvalue weighted by Crippen LogP contribution is 2.43. The molecule has 1 aliphatic rings. The van der Waals surface area contributed by atoms with Crippen molar-refractivity contribution in [1.82, 2.24) is 0 Å². The second kappa shape index (κ2) is 8.05. The lowest BCUT2D eigenvalue weighted by Crippen LogP contribution is -2.29. The zero-order valence-electron chi connectivity index (χ0n) is 15.4. The summed E-state index contributed by atoms with van der Waals surface area (Å²) in [5.74, 6) is 2.07. The second-order valence-corrected chi connectivity index (χ2v) is 7.49. The lowest BCUT2D eigenvalue weighted by molar-refractivity contribution is 0.266. The highest BCUT2D eigenvalue weighted by molar-refractivity contribution is 5.58. The standard InChI is InChI=1S/C23H32O/c1-3-5-7-16-23(17-8-6-9-18-23)20-12-10-19(11-13-20)22-15-14-21(4-2)24-22/h10-15H,3-9,16-18H2,1-2H3. The van der Waals surface area contributed by atoms with Crippen LogP contribution in [0.5, 0.6) is 0 Å². The average molecular weight is 325 g/mol. The predicted molar refractivity (Wildman–Crippen MR) is 102 cm³/mol. The van der Waals surface area contributed by atoms with Gasteiger partial charge in [-0.05, 0) is 42.4 Å². The van der Waals surface area contributed by atoms with E-state index in [4.69, 9.17) is 4.42 Å². The first-order chi connectivity index (χ1) is 11.8. The molecule has 0 spiro atoms. The minimum atomic E-state index is 0.434. The summed E-state index contributed by atoms with van der Waals surface area (Å²) in [6, 6.07) is 13.5. The topological polar surface area (TPSA) is 13.1 Å². The van der Waals surface area contributed by atoms with Crippen LogP contribution in [0.3, 0.4) is 0 Å². The van der Waals surface area contributed by atoms with Gasteiger partial charge < -0.3 is 4.42 Å². The Balaban J connectivity index is 1.80. The normalized spacial score (nSPS) is 17.1. The van der Waals surface area contributed by atoms with Crippen molar-refractivity contribution >= 4 is 0 Å². The van der Waals surface area contributed by atoms with Gasteiger partial charge in [-0.15, -0.1) is 0 Å². The van der Waals surface area contributed by atoms with E-state index in [2.05, 4.69) is 50.2 Å². The van der Waals surface area contributed by atoms with Crippen molar-refractivity contribution in [2.24, 2.45) is 0 Å². The number of furan rings is 1. The molecule has 1 aromatic carbocycles. The van der Waals surface area contributed by atoms with E-state index < -0.39 is 0 Å². The lowest BCUT2D eigenvalue weighted by Gasteiger charge is -2.38. The molecule has 1 fully saturated rings. The second-order valence-electron chi connectivity index (χ2n) is 7.49. The molecular formula is C23H32O. The Labute approximate surface area is 147 Å². The summed E-state index contributed by atoms with van der Waals surface area (Å²) in [4.78, 5) is 0. The fraction of sp³-hybridized carbons (Fsp3) is 0.565. The molecule has 3 rings (SSSR count). The molecule has 0 aliphatic heterocycles. The summed E-state index contributed by atoms with van der Waals surface area (Å²) in [5.41, 5.74) is 3.20. The van der Waals surface area contributed by atoms with Gasteiger partial charge in [-0.25, -0.2) is 0 Å². The van der Waals surface area contributed by atoms with Crippen LogP contribution in [0.4, 0.5) is 0 Å². The van der Waals surface area contributed by atoms with Crippen LogP contribution in [-0.4, -0.2) is 0 Å². The maximum Gasteiger partial charge on any atom is 0.134 e. The molecule has 0 N–H and O–H groups in total. The molecule has 1 heteroatoms. The van der Waals surface area contributed by atoms with Crippen LogP contribution in [-0.2, 0) is 11.8 Å². The van der Waals surface area contributed by atoms with Crippen molar-refractivity contribution in [3.63, 3.8) is 0 Å². The van der Waals surface area contributed by atoms with Crippen molar-refractivity contribution in [3.8, 4) is 11.3 Å². The molecule has 130 valence electrons. The largest absolute Gasteiger partial charge is 0.461 e. The van der Waals surface area contributed by atoms with Crippen molar-refractivity contribution in [1.29, 1.82) is 0 Å². The Kier molecular flexibility index (Phi) is 5.81. The van der Waals surface area contributed by atoms with Gasteiger partial charge in [0.2, 0.25) is 0 Å². The van der Waals surface area contributed by atoms with Gasteiger partial charge in [0.05, 0.1) is 0 Å². The molecule has 1 aromatic heterocycles. The van der Waals surface area contributed by atoms with Crippen molar-refractivity contribution in [2.75, 3.05) is 0 Å². The lowest BCUT2D eigenvalue weighted by atomic mass is 9.66. The zero-order valence-corrected chi connectivity index (χ0v) is 15.4. The summed E-state index contributed by atoms with van der Waals surface area (Å²) in [6.45, 7) is 4.44. The minimum absolute atomic E-state index is 0.434. The predicted octanol–water partition coefficient (Wildman–Crippen LogP) is 7.29. The number of hydrogen-bond acceptors (Lipinski definition) is 1. The summed E-state index contributed by atoms with van der Waals surface area (Å²) >= 11 is 0. The van der Waals surface area contributed by atoms with Gasteiger partial charge in [-0.3, -0.25) is 0 Å². The first kappa shape index (κ1) is 17.3. The Morgan fingerprint density at radius 3 is 2.25 bits per heavy atom. The molecule has 0 amide bonds. The van der Waals surface area contributed by atoms with Crippen LogP contribution in [0, 0.1) is 0 Å². The third-order valence-electron chi connectivity index (χ3n) is 5.86. The first-order valence-electron chi connectivity index (χ1n) is 9.97. The first-order valence-corrected chi connectivity index (χ1v) is 9.97. The summed E-state index contributed by atoms with van der Waals surface area (Å²) in [6.07, 6.45) is 13.3. The summed E-state index contributed by atoms with van der Waals surface area (Å²) < 4.78 is 5.91. The fourth-order valence-electron chi connectivity index (χ4n) is 4.34. The SMILES string of the molecule is CCCCCC1(c2ccc(-c3ccc(CC)o3)cc2)CCCCC1. The van der Waals surface area contributed by atoms with Gasteiger partial charge in [0.1, 0.15) is 11.5 Å². The van der Waals surface area contributed by atoms with Gasteiger partial charge in [-0.1, -0.05) is 76.6 Å². The highest BCUT2D eigenvalue weighted by atomic mass is 16.3. The van der Waals surface area contributed by atoms with E-state index in [9.17, 15) is 0 Å². The van der Waals surface area contributed by atoms with Crippen LogP contribution in [0.25, 0.3) is 11.3 Å². The molecule has 24 heavy (non-hydrogen) atoms. The van der Waals surface area contributed by atoms with Crippen LogP contribution in [0.15, 0.2) is 40.8 Å². The number of hydrogen-bond donors (Lipinski definition) is 0. The smallest absolute Gasteiger partial charge is 0.134 e. The minimum Gasteiger partial charge on any atom is -0.461 e. The Bertz CT molecular complexity index is 614. The number of rotatable bonds is 7. The number of benzene rings is 1. The summed E-state index contributed by atoms with van der Waals surface area (Å²) in [7, 11) is 0. The van der Waals surface area contributed by atoms with Gasteiger partial charge >= 0.3 is 0 Å². The van der Waals surface area contributed by atoms with Crippen LogP contribution in [0.2, 0.25) is 0 Å². The molecule has 0 atom stereocenters. The van der Waals surface area contributed by atoms with Gasteiger partial charge in [0.15, 0.2) is 0 Å². The maximum absolute atomic E-state index is 5.91. The molecule has 2 aromatic rings. The van der Waals surface area contributed by atoms with Crippen LogP contribution >= 0.6 is 0 Å². The molecule has 1 aliphatic carbocycles. The molecule has 0 radical (unpaired) electrons. The van der Waals surface area contributed by atoms with Crippen molar-refractivity contribution in [3.05, 3.63) is 47.7 Å². The Morgan fingerprint density at radius 1 is 0.875 bits per heavy atom. The maximum atomic E-state index is 5.91. The molecule has 1 nitrogen and oxygen atoms in total. The molecular weight excluding hydrogens is 292 g/mol. The molecule has 0 bridgehead atoms. The monoisotopic (exact) mass is 324 g/mol. The zero-order chi connectivity index (χ0) is 16.8. The van der Waals surface area contributed by atoms with E-state index in [0.717, 1.165) is 17.9 Å². The van der Waals surface area contributed by atoms with Crippen LogP contribution < -0.4 is 0 Å². The van der Waals surface area contributed by atoms with E-state index in [1.54, 1.807) is 5.56 Å². The number of unbranched alkanes of at least 4 members (excludes halogenated alkanes) is 2. The van der Waals surface area contributed by atoms with Gasteiger partial charge in [0, 0.05) is 12.0 Å². The molecule has 0 saturated heterocycles. The van der Waals surface area contributed by atoms with E-state index in [1.165, 1.54) is 63.4 Å². The molecule has 1 saturated carbocycles. The van der Waals surface area contributed by atoms with Crippen LogP contribution in [0.1, 0.15) is 83.0 Å². The van der Waals surface area contributed by atoms with E-state index in [1.807, 2.05) is 0 Å².